The molecule has 0 radical (unpaired) electrons. The molecule has 0 fully saturated rings. The van der Waals surface area contributed by atoms with E-state index in [2.05, 4.69) is 51.7 Å². The molecule has 8 heteroatoms. The zero-order valence-corrected chi connectivity index (χ0v) is 18.1. The second kappa shape index (κ2) is 9.21. The van der Waals surface area contributed by atoms with E-state index in [-0.39, 0.29) is 10.9 Å². The Morgan fingerprint density at radius 1 is 1.03 bits per heavy atom. The predicted octanol–water partition coefficient (Wildman–Crippen LogP) is 5.58. The van der Waals surface area contributed by atoms with E-state index in [4.69, 9.17) is 12.2 Å². The molecule has 0 spiro atoms. The van der Waals surface area contributed by atoms with Gasteiger partial charge in [-0.3, -0.25) is 4.68 Å². The lowest BCUT2D eigenvalue weighted by molar-refractivity contribution is -0.0493. The molecule has 0 saturated carbocycles. The number of rotatable bonds is 6. The molecule has 0 saturated heterocycles. The van der Waals surface area contributed by atoms with E-state index in [1.54, 1.807) is 12.1 Å². The maximum atomic E-state index is 12.7. The molecular formula is C22H24F2N4OS. The normalized spacial score (nSPS) is 10.9. The molecule has 3 rings (SSSR count). The van der Waals surface area contributed by atoms with Crippen molar-refractivity contribution in [2.75, 3.05) is 10.6 Å². The molecule has 1 heterocycles. The number of benzene rings is 2. The van der Waals surface area contributed by atoms with Crippen molar-refractivity contribution in [1.29, 1.82) is 0 Å². The number of alkyl halides is 2. The van der Waals surface area contributed by atoms with Crippen LogP contribution in [-0.2, 0) is 6.54 Å². The second-order valence-corrected chi connectivity index (χ2v) is 7.55. The van der Waals surface area contributed by atoms with Crippen molar-refractivity contribution in [3.8, 4) is 5.75 Å². The zero-order valence-electron chi connectivity index (χ0n) is 17.3. The van der Waals surface area contributed by atoms with Crippen LogP contribution in [0.3, 0.4) is 0 Å². The maximum Gasteiger partial charge on any atom is 0.387 e. The second-order valence-electron chi connectivity index (χ2n) is 7.15. The van der Waals surface area contributed by atoms with E-state index >= 15 is 0 Å². The fourth-order valence-electron chi connectivity index (χ4n) is 3.11. The van der Waals surface area contributed by atoms with Gasteiger partial charge in [0.1, 0.15) is 5.75 Å². The molecule has 0 aliphatic carbocycles. The summed E-state index contributed by atoms with van der Waals surface area (Å²) in [5, 5.41) is 11.0. The van der Waals surface area contributed by atoms with Crippen molar-refractivity contribution < 1.29 is 13.5 Å². The molecule has 2 aromatic carbocycles. The van der Waals surface area contributed by atoms with E-state index in [1.807, 2.05) is 25.5 Å². The lowest BCUT2D eigenvalue weighted by Crippen LogP contribution is -2.21. The van der Waals surface area contributed by atoms with Gasteiger partial charge in [0, 0.05) is 0 Å². The molecule has 0 amide bonds. The summed E-state index contributed by atoms with van der Waals surface area (Å²) in [6, 6.07) is 13.2. The van der Waals surface area contributed by atoms with Gasteiger partial charge >= 0.3 is 6.61 Å². The number of aryl methyl sites for hydroxylation is 3. The highest BCUT2D eigenvalue weighted by atomic mass is 32.1. The highest BCUT2D eigenvalue weighted by Crippen LogP contribution is 2.28. The average Bonchev–Trinajstić information content (AvgIpc) is 2.93. The number of nitrogens with one attached hydrogen (secondary N) is 2. The van der Waals surface area contributed by atoms with Crippen LogP contribution in [-0.4, -0.2) is 21.5 Å². The Hall–Kier alpha value is -3.00. The van der Waals surface area contributed by atoms with E-state index in [0.29, 0.717) is 12.2 Å². The van der Waals surface area contributed by atoms with Gasteiger partial charge in [0.15, 0.2) is 5.11 Å². The minimum Gasteiger partial charge on any atom is -0.433 e. The predicted molar refractivity (Wildman–Crippen MR) is 120 cm³/mol. The van der Waals surface area contributed by atoms with E-state index < -0.39 is 6.61 Å². The number of hydrogen-bond donors (Lipinski definition) is 2. The summed E-state index contributed by atoms with van der Waals surface area (Å²) in [5.41, 5.74) is 6.10. The summed E-state index contributed by atoms with van der Waals surface area (Å²) in [6.45, 7) is 5.48. The fraction of sp³-hybridized carbons (Fsp3) is 0.273. The molecule has 0 bridgehead atoms. The number of halogens is 2. The first-order valence-electron chi connectivity index (χ1n) is 9.46. The van der Waals surface area contributed by atoms with Gasteiger partial charge < -0.3 is 15.4 Å². The van der Waals surface area contributed by atoms with E-state index in [1.165, 1.54) is 11.6 Å². The summed E-state index contributed by atoms with van der Waals surface area (Å²) in [6.07, 6.45) is 0. The molecule has 0 aliphatic heterocycles. The smallest absolute Gasteiger partial charge is 0.387 e. The molecule has 0 atom stereocenters. The van der Waals surface area contributed by atoms with Crippen molar-refractivity contribution in [3.05, 3.63) is 70.5 Å². The van der Waals surface area contributed by atoms with Crippen molar-refractivity contribution in [2.24, 2.45) is 0 Å². The zero-order chi connectivity index (χ0) is 21.8. The molecule has 2 N–H and O–H groups in total. The van der Waals surface area contributed by atoms with Crippen LogP contribution in [0, 0.1) is 27.7 Å². The highest BCUT2D eigenvalue weighted by molar-refractivity contribution is 7.80. The topological polar surface area (TPSA) is 51.1 Å². The lowest BCUT2D eigenvalue weighted by atomic mass is 10.1. The largest absolute Gasteiger partial charge is 0.433 e. The SMILES string of the molecule is Cc1ccc(Cn2nc(C)c(NC(=S)Nc3cc(C)ccc3OC(F)F)c2C)cc1. The highest BCUT2D eigenvalue weighted by Gasteiger charge is 2.15. The molecule has 0 aliphatic rings. The monoisotopic (exact) mass is 430 g/mol. The van der Waals surface area contributed by atoms with Crippen LogP contribution >= 0.6 is 12.2 Å². The molecule has 158 valence electrons. The Morgan fingerprint density at radius 3 is 2.37 bits per heavy atom. The fourth-order valence-corrected chi connectivity index (χ4v) is 3.32. The maximum absolute atomic E-state index is 12.7. The summed E-state index contributed by atoms with van der Waals surface area (Å²) < 4.78 is 31.9. The van der Waals surface area contributed by atoms with Gasteiger partial charge in [0.05, 0.1) is 29.3 Å². The molecular weight excluding hydrogens is 406 g/mol. The first-order chi connectivity index (χ1) is 14.2. The van der Waals surface area contributed by atoms with Crippen LogP contribution in [0.4, 0.5) is 20.2 Å². The first kappa shape index (κ1) is 21.7. The van der Waals surface area contributed by atoms with Crippen molar-refractivity contribution in [2.45, 2.75) is 40.9 Å². The molecule has 1 aromatic heterocycles. The third-order valence-corrected chi connectivity index (χ3v) is 4.88. The van der Waals surface area contributed by atoms with E-state index in [0.717, 1.165) is 28.2 Å². The average molecular weight is 431 g/mol. The minimum atomic E-state index is -2.92. The number of thiocarbonyl (C=S) groups is 1. The van der Waals surface area contributed by atoms with Crippen LogP contribution in [0.15, 0.2) is 42.5 Å². The standard InChI is InChI=1S/C22H24F2N4OS/c1-13-5-8-17(9-6-13)12-28-16(4)20(15(3)27-28)26-22(30)25-18-11-14(2)7-10-19(18)29-21(23)24/h5-11,21H,12H2,1-4H3,(H2,25,26,30). The summed E-state index contributed by atoms with van der Waals surface area (Å²) in [4.78, 5) is 0. The van der Waals surface area contributed by atoms with Crippen molar-refractivity contribution in [1.82, 2.24) is 9.78 Å². The third-order valence-electron chi connectivity index (χ3n) is 4.67. The van der Waals surface area contributed by atoms with Crippen molar-refractivity contribution in [3.63, 3.8) is 0 Å². The number of hydrogen-bond acceptors (Lipinski definition) is 3. The number of aromatic nitrogens is 2. The Bertz CT molecular complexity index is 1050. The van der Waals surface area contributed by atoms with Gasteiger partial charge in [-0.2, -0.15) is 13.9 Å². The Morgan fingerprint density at radius 2 is 1.70 bits per heavy atom. The van der Waals surface area contributed by atoms with Gasteiger partial charge in [-0.15, -0.1) is 0 Å². The Labute approximate surface area is 180 Å². The molecule has 3 aromatic rings. The van der Waals surface area contributed by atoms with Crippen LogP contribution in [0.2, 0.25) is 0 Å². The van der Waals surface area contributed by atoms with Gasteiger partial charge in [-0.1, -0.05) is 35.9 Å². The minimum absolute atomic E-state index is 0.0308. The van der Waals surface area contributed by atoms with Crippen molar-refractivity contribution >= 4 is 28.7 Å². The third kappa shape index (κ3) is 5.33. The van der Waals surface area contributed by atoms with Gasteiger partial charge in [0.2, 0.25) is 0 Å². The summed E-state index contributed by atoms with van der Waals surface area (Å²) in [5.74, 6) is 0.0308. The quantitative estimate of drug-likeness (QED) is 0.501. The van der Waals surface area contributed by atoms with Crippen LogP contribution < -0.4 is 15.4 Å². The van der Waals surface area contributed by atoms with Crippen LogP contribution in [0.25, 0.3) is 0 Å². The molecule has 30 heavy (non-hydrogen) atoms. The Balaban J connectivity index is 1.75. The Kier molecular flexibility index (Phi) is 6.66. The number of nitrogens with zero attached hydrogens (tertiary/aromatic N) is 2. The first-order valence-corrected chi connectivity index (χ1v) is 9.87. The number of anilines is 2. The summed E-state index contributed by atoms with van der Waals surface area (Å²) in [7, 11) is 0. The lowest BCUT2D eigenvalue weighted by Gasteiger charge is -2.15. The van der Waals surface area contributed by atoms with Crippen LogP contribution in [0.1, 0.15) is 28.1 Å². The molecule has 5 nitrogen and oxygen atoms in total. The van der Waals surface area contributed by atoms with Gasteiger partial charge in [0.25, 0.3) is 0 Å². The summed E-state index contributed by atoms with van der Waals surface area (Å²) >= 11 is 5.40. The number of ether oxygens (including phenoxy) is 1. The van der Waals surface area contributed by atoms with Crippen LogP contribution in [0.5, 0.6) is 5.75 Å². The molecule has 0 unspecified atom stereocenters. The van der Waals surface area contributed by atoms with Gasteiger partial charge in [-0.25, -0.2) is 0 Å². The van der Waals surface area contributed by atoms with Gasteiger partial charge in [-0.05, 0) is 63.2 Å². The van der Waals surface area contributed by atoms with E-state index in [9.17, 15) is 8.78 Å².